The molecule has 0 radical (unpaired) electrons. The maximum absolute atomic E-state index is 9.11. The van der Waals surface area contributed by atoms with E-state index in [9.17, 15) is 0 Å². The fourth-order valence-corrected chi connectivity index (χ4v) is 2.31. The minimum Gasteiger partial charge on any atom is -0.396 e. The maximum Gasteiger partial charge on any atom is 0.0471 e. The molecule has 2 heteroatoms. The van der Waals surface area contributed by atoms with Gasteiger partial charge in [0.1, 0.15) is 0 Å². The highest BCUT2D eigenvalue weighted by atomic mass is 16.3. The minimum atomic E-state index is 0.331. The fourth-order valence-electron chi connectivity index (χ4n) is 2.31. The minimum absolute atomic E-state index is 0.331. The van der Waals surface area contributed by atoms with Crippen LogP contribution in [0.3, 0.4) is 0 Å². The van der Waals surface area contributed by atoms with Crippen molar-refractivity contribution in [1.29, 1.82) is 0 Å². The third-order valence-electron chi connectivity index (χ3n) is 3.41. The smallest absolute Gasteiger partial charge is 0.0471 e. The predicted molar refractivity (Wildman–Crippen MR) is 61.6 cm³/mol. The molecule has 0 aliphatic carbocycles. The zero-order chi connectivity index (χ0) is 10.7. The van der Waals surface area contributed by atoms with Crippen LogP contribution < -0.4 is 0 Å². The van der Waals surface area contributed by atoms with E-state index < -0.39 is 0 Å². The van der Waals surface area contributed by atoms with Crippen molar-refractivity contribution in [2.45, 2.75) is 19.4 Å². The maximum atomic E-state index is 9.11. The zero-order valence-corrected chi connectivity index (χ0v) is 9.26. The monoisotopic (exact) mass is 205 g/mol. The Morgan fingerprint density at radius 2 is 2.13 bits per heavy atom. The molecule has 1 unspecified atom stereocenters. The van der Waals surface area contributed by atoms with Gasteiger partial charge in [0, 0.05) is 19.2 Å². The molecule has 1 aliphatic heterocycles. The Balaban J connectivity index is 2.00. The Morgan fingerprint density at radius 1 is 1.40 bits per heavy atom. The number of likely N-dealkylation sites (tertiary alicyclic amines) is 1. The van der Waals surface area contributed by atoms with Crippen LogP contribution >= 0.6 is 0 Å². The SMILES string of the molecule is CC(c1ccccc1)N1CC[C@@H](CO)C1. The molecule has 1 heterocycles. The highest BCUT2D eigenvalue weighted by molar-refractivity contribution is 5.18. The molecule has 0 saturated carbocycles. The molecule has 15 heavy (non-hydrogen) atoms. The third kappa shape index (κ3) is 2.39. The van der Waals surface area contributed by atoms with E-state index in [4.69, 9.17) is 5.11 Å². The summed E-state index contributed by atoms with van der Waals surface area (Å²) >= 11 is 0. The van der Waals surface area contributed by atoms with E-state index in [0.717, 1.165) is 19.5 Å². The van der Waals surface area contributed by atoms with E-state index in [1.165, 1.54) is 5.56 Å². The quantitative estimate of drug-likeness (QED) is 0.816. The lowest BCUT2D eigenvalue weighted by molar-refractivity contribution is 0.204. The van der Waals surface area contributed by atoms with E-state index in [1.54, 1.807) is 0 Å². The van der Waals surface area contributed by atoms with Crippen molar-refractivity contribution in [3.05, 3.63) is 35.9 Å². The number of benzene rings is 1. The summed E-state index contributed by atoms with van der Waals surface area (Å²) in [4.78, 5) is 2.45. The van der Waals surface area contributed by atoms with Gasteiger partial charge < -0.3 is 5.11 Å². The normalized spacial score (nSPS) is 24.3. The van der Waals surface area contributed by atoms with Gasteiger partial charge >= 0.3 is 0 Å². The van der Waals surface area contributed by atoms with E-state index in [0.29, 0.717) is 18.6 Å². The van der Waals surface area contributed by atoms with Crippen molar-refractivity contribution >= 4 is 0 Å². The van der Waals surface area contributed by atoms with Crippen LogP contribution in [0.4, 0.5) is 0 Å². The van der Waals surface area contributed by atoms with Crippen molar-refractivity contribution in [1.82, 2.24) is 4.90 Å². The topological polar surface area (TPSA) is 23.5 Å². The molecule has 2 nitrogen and oxygen atoms in total. The lowest BCUT2D eigenvalue weighted by Gasteiger charge is -2.24. The standard InChI is InChI=1S/C13H19NO/c1-11(13-5-3-2-4-6-13)14-8-7-12(9-14)10-15/h2-6,11-12,15H,7-10H2,1H3/t11?,12-/m1/s1. The number of nitrogens with zero attached hydrogens (tertiary/aromatic N) is 1. The van der Waals surface area contributed by atoms with Gasteiger partial charge in [0.2, 0.25) is 0 Å². The largest absolute Gasteiger partial charge is 0.396 e. The number of hydrogen-bond acceptors (Lipinski definition) is 2. The van der Waals surface area contributed by atoms with Crippen LogP contribution in [0.25, 0.3) is 0 Å². The summed E-state index contributed by atoms with van der Waals surface area (Å²) in [5, 5.41) is 9.11. The van der Waals surface area contributed by atoms with Gasteiger partial charge in [0.25, 0.3) is 0 Å². The fraction of sp³-hybridized carbons (Fsp3) is 0.538. The Hall–Kier alpha value is -0.860. The first-order valence-corrected chi connectivity index (χ1v) is 5.71. The van der Waals surface area contributed by atoms with Gasteiger partial charge in [-0.1, -0.05) is 30.3 Å². The first-order chi connectivity index (χ1) is 7.31. The van der Waals surface area contributed by atoms with Crippen molar-refractivity contribution in [2.24, 2.45) is 5.92 Å². The second-order valence-corrected chi connectivity index (χ2v) is 4.42. The second-order valence-electron chi connectivity index (χ2n) is 4.42. The Labute approximate surface area is 91.5 Å². The molecule has 1 saturated heterocycles. The highest BCUT2D eigenvalue weighted by Crippen LogP contribution is 2.26. The molecule has 1 aromatic carbocycles. The van der Waals surface area contributed by atoms with Crippen LogP contribution in [-0.2, 0) is 0 Å². The Morgan fingerprint density at radius 3 is 2.73 bits per heavy atom. The summed E-state index contributed by atoms with van der Waals surface area (Å²) < 4.78 is 0. The number of hydrogen-bond donors (Lipinski definition) is 1. The number of aliphatic hydroxyl groups excluding tert-OH is 1. The van der Waals surface area contributed by atoms with Crippen LogP contribution in [0.1, 0.15) is 24.9 Å². The number of aliphatic hydroxyl groups is 1. The molecule has 0 spiro atoms. The Bertz CT molecular complexity index is 299. The van der Waals surface area contributed by atoms with Gasteiger partial charge in [-0.2, -0.15) is 0 Å². The van der Waals surface area contributed by atoms with Gasteiger partial charge in [0.15, 0.2) is 0 Å². The molecule has 2 atom stereocenters. The van der Waals surface area contributed by atoms with Crippen LogP contribution in [0.15, 0.2) is 30.3 Å². The summed E-state index contributed by atoms with van der Waals surface area (Å²) in [6.07, 6.45) is 1.13. The molecule has 1 aromatic rings. The van der Waals surface area contributed by atoms with Crippen molar-refractivity contribution in [3.63, 3.8) is 0 Å². The van der Waals surface area contributed by atoms with E-state index in [2.05, 4.69) is 42.2 Å². The molecular formula is C13H19NO. The first kappa shape index (κ1) is 10.7. The van der Waals surface area contributed by atoms with Crippen molar-refractivity contribution in [3.8, 4) is 0 Å². The summed E-state index contributed by atoms with van der Waals surface area (Å²) in [5.74, 6) is 0.483. The first-order valence-electron chi connectivity index (χ1n) is 5.71. The average Bonchev–Trinajstić information content (AvgIpc) is 2.78. The van der Waals surface area contributed by atoms with Gasteiger partial charge in [-0.05, 0) is 31.4 Å². The second kappa shape index (κ2) is 4.77. The average molecular weight is 205 g/mol. The highest BCUT2D eigenvalue weighted by Gasteiger charge is 2.25. The molecule has 0 amide bonds. The van der Waals surface area contributed by atoms with Crippen molar-refractivity contribution < 1.29 is 5.11 Å². The summed E-state index contributed by atoms with van der Waals surface area (Å²) in [6.45, 7) is 4.72. The van der Waals surface area contributed by atoms with Gasteiger partial charge in [-0.15, -0.1) is 0 Å². The van der Waals surface area contributed by atoms with Crippen LogP contribution in [0, 0.1) is 5.92 Å². The molecular weight excluding hydrogens is 186 g/mol. The van der Waals surface area contributed by atoms with E-state index in [-0.39, 0.29) is 0 Å². The van der Waals surface area contributed by atoms with Crippen LogP contribution in [0.5, 0.6) is 0 Å². The molecule has 1 N–H and O–H groups in total. The summed E-state index contributed by atoms with van der Waals surface area (Å²) in [7, 11) is 0. The van der Waals surface area contributed by atoms with Crippen LogP contribution in [0.2, 0.25) is 0 Å². The molecule has 1 fully saturated rings. The predicted octanol–water partition coefficient (Wildman–Crippen LogP) is 2.06. The lowest BCUT2D eigenvalue weighted by atomic mass is 10.1. The summed E-state index contributed by atoms with van der Waals surface area (Å²) in [6, 6.07) is 11.1. The van der Waals surface area contributed by atoms with E-state index >= 15 is 0 Å². The molecule has 0 bridgehead atoms. The number of rotatable bonds is 3. The molecule has 82 valence electrons. The van der Waals surface area contributed by atoms with Crippen molar-refractivity contribution in [2.75, 3.05) is 19.7 Å². The van der Waals surface area contributed by atoms with Gasteiger partial charge in [-0.25, -0.2) is 0 Å². The van der Waals surface area contributed by atoms with E-state index in [1.807, 2.05) is 0 Å². The lowest BCUT2D eigenvalue weighted by Crippen LogP contribution is -2.25. The van der Waals surface area contributed by atoms with Gasteiger partial charge in [-0.3, -0.25) is 4.90 Å². The zero-order valence-electron chi connectivity index (χ0n) is 9.26. The third-order valence-corrected chi connectivity index (χ3v) is 3.41. The molecule has 2 rings (SSSR count). The van der Waals surface area contributed by atoms with Crippen LogP contribution in [-0.4, -0.2) is 29.7 Å². The Kier molecular flexibility index (Phi) is 3.39. The molecule has 0 aromatic heterocycles. The molecule has 1 aliphatic rings. The van der Waals surface area contributed by atoms with Gasteiger partial charge in [0.05, 0.1) is 0 Å². The summed E-state index contributed by atoms with van der Waals surface area (Å²) in [5.41, 5.74) is 1.37.